The number of pyridine rings is 1. The molecule has 1 aromatic rings. The minimum Gasteiger partial charge on any atom is -0.478 e. The van der Waals surface area contributed by atoms with Crippen LogP contribution in [-0.4, -0.2) is 29.7 Å². The Morgan fingerprint density at radius 1 is 1.62 bits per heavy atom. The molecule has 1 aliphatic rings. The average molecular weight is 220 g/mol. The van der Waals surface area contributed by atoms with Gasteiger partial charge in [-0.05, 0) is 37.3 Å². The summed E-state index contributed by atoms with van der Waals surface area (Å²) in [6.07, 6.45) is 4.03. The first-order valence-electron chi connectivity index (χ1n) is 5.49. The zero-order chi connectivity index (χ0) is 11.7. The molecule has 4 nitrogen and oxygen atoms in total. The molecule has 0 radical (unpaired) electrons. The lowest BCUT2D eigenvalue weighted by Gasteiger charge is -2.19. The highest BCUT2D eigenvalue weighted by molar-refractivity contribution is 5.87. The Labute approximate surface area is 94.9 Å². The Bertz CT molecular complexity index is 413. The van der Waals surface area contributed by atoms with E-state index in [9.17, 15) is 4.79 Å². The lowest BCUT2D eigenvalue weighted by atomic mass is 10.2. The van der Waals surface area contributed by atoms with Gasteiger partial charge in [0.15, 0.2) is 0 Å². The quantitative estimate of drug-likeness (QED) is 0.842. The molecule has 4 heteroatoms. The van der Waals surface area contributed by atoms with E-state index in [1.165, 1.54) is 19.0 Å². The van der Waals surface area contributed by atoms with Crippen molar-refractivity contribution < 1.29 is 9.90 Å². The molecule has 1 fully saturated rings. The van der Waals surface area contributed by atoms with Crippen LogP contribution in [0.2, 0.25) is 0 Å². The molecular formula is C12H16N2O2. The van der Waals surface area contributed by atoms with Gasteiger partial charge in [-0.25, -0.2) is 9.78 Å². The van der Waals surface area contributed by atoms with Gasteiger partial charge in [-0.15, -0.1) is 0 Å². The van der Waals surface area contributed by atoms with E-state index in [1.807, 2.05) is 14.0 Å². The molecule has 1 N–H and O–H groups in total. The summed E-state index contributed by atoms with van der Waals surface area (Å²) in [7, 11) is 2.01. The van der Waals surface area contributed by atoms with Crippen LogP contribution in [0.15, 0.2) is 12.3 Å². The zero-order valence-electron chi connectivity index (χ0n) is 9.60. The summed E-state index contributed by atoms with van der Waals surface area (Å²) in [5.74, 6) is 0.759. The van der Waals surface area contributed by atoms with Gasteiger partial charge >= 0.3 is 5.97 Å². The van der Waals surface area contributed by atoms with Crippen molar-refractivity contribution in [1.82, 2.24) is 4.98 Å². The van der Waals surface area contributed by atoms with Crippen LogP contribution >= 0.6 is 0 Å². The van der Waals surface area contributed by atoms with Gasteiger partial charge in [0.1, 0.15) is 5.82 Å². The number of carbonyl (C=O) groups is 1. The number of anilines is 1. The van der Waals surface area contributed by atoms with E-state index in [2.05, 4.69) is 9.88 Å². The second-order valence-electron chi connectivity index (χ2n) is 4.49. The van der Waals surface area contributed by atoms with Gasteiger partial charge in [0.2, 0.25) is 0 Å². The third-order valence-corrected chi connectivity index (χ3v) is 2.89. The van der Waals surface area contributed by atoms with Crippen LogP contribution in [0.5, 0.6) is 0 Å². The van der Waals surface area contributed by atoms with Crippen molar-refractivity contribution in [2.24, 2.45) is 5.92 Å². The minimum atomic E-state index is -0.924. The number of aromatic carboxylic acids is 1. The van der Waals surface area contributed by atoms with E-state index < -0.39 is 5.97 Å². The van der Waals surface area contributed by atoms with Crippen molar-refractivity contribution in [3.63, 3.8) is 0 Å². The van der Waals surface area contributed by atoms with Gasteiger partial charge < -0.3 is 10.0 Å². The molecule has 0 amide bonds. The van der Waals surface area contributed by atoms with E-state index in [1.54, 1.807) is 6.07 Å². The minimum absolute atomic E-state index is 0.251. The number of hydrogen-bond donors (Lipinski definition) is 1. The van der Waals surface area contributed by atoms with Gasteiger partial charge in [0.05, 0.1) is 5.56 Å². The second-order valence-corrected chi connectivity index (χ2v) is 4.49. The molecule has 16 heavy (non-hydrogen) atoms. The highest BCUT2D eigenvalue weighted by Crippen LogP contribution is 2.31. The summed E-state index contributed by atoms with van der Waals surface area (Å²) in [6.45, 7) is 2.92. The predicted molar refractivity (Wildman–Crippen MR) is 61.9 cm³/mol. The molecule has 0 bridgehead atoms. The fraction of sp³-hybridized carbons (Fsp3) is 0.500. The highest BCUT2D eigenvalue weighted by Gasteiger charge is 2.24. The molecule has 2 rings (SSSR count). The van der Waals surface area contributed by atoms with Crippen LogP contribution in [0.3, 0.4) is 0 Å². The van der Waals surface area contributed by atoms with Crippen LogP contribution in [0, 0.1) is 12.8 Å². The first-order valence-corrected chi connectivity index (χ1v) is 5.49. The molecule has 1 saturated carbocycles. The number of carboxylic acid groups (broad SMARTS) is 1. The Hall–Kier alpha value is -1.58. The average Bonchev–Trinajstić information content (AvgIpc) is 3.01. The molecule has 0 aliphatic heterocycles. The number of rotatable bonds is 4. The second kappa shape index (κ2) is 4.12. The number of aromatic nitrogens is 1. The Morgan fingerprint density at radius 3 is 2.81 bits per heavy atom. The van der Waals surface area contributed by atoms with Gasteiger partial charge in [0.25, 0.3) is 0 Å². The van der Waals surface area contributed by atoms with Crippen LogP contribution in [-0.2, 0) is 0 Å². The number of hydrogen-bond acceptors (Lipinski definition) is 3. The van der Waals surface area contributed by atoms with Gasteiger partial charge in [-0.2, -0.15) is 0 Å². The van der Waals surface area contributed by atoms with Crippen LogP contribution in [0.1, 0.15) is 28.8 Å². The molecule has 1 aliphatic carbocycles. The molecule has 1 heterocycles. The maximum atomic E-state index is 10.8. The van der Waals surface area contributed by atoms with Gasteiger partial charge in [0, 0.05) is 19.8 Å². The van der Waals surface area contributed by atoms with Crippen LogP contribution in [0.25, 0.3) is 0 Å². The Balaban J connectivity index is 2.17. The van der Waals surface area contributed by atoms with Crippen molar-refractivity contribution in [2.75, 3.05) is 18.5 Å². The molecule has 1 aromatic heterocycles. The topological polar surface area (TPSA) is 53.4 Å². The maximum absolute atomic E-state index is 10.8. The van der Waals surface area contributed by atoms with E-state index >= 15 is 0 Å². The monoisotopic (exact) mass is 220 g/mol. The molecule has 0 atom stereocenters. The lowest BCUT2D eigenvalue weighted by Crippen LogP contribution is -2.22. The summed E-state index contributed by atoms with van der Waals surface area (Å²) in [4.78, 5) is 17.1. The van der Waals surface area contributed by atoms with Gasteiger partial charge in [-0.1, -0.05) is 0 Å². The highest BCUT2D eigenvalue weighted by atomic mass is 16.4. The third kappa shape index (κ3) is 2.32. The zero-order valence-corrected chi connectivity index (χ0v) is 9.60. The van der Waals surface area contributed by atoms with E-state index in [0.29, 0.717) is 0 Å². The SMILES string of the molecule is Cc1cc(C(=O)O)cnc1N(C)CC1CC1. The first kappa shape index (κ1) is 10.9. The van der Waals surface area contributed by atoms with Crippen molar-refractivity contribution in [1.29, 1.82) is 0 Å². The fourth-order valence-corrected chi connectivity index (χ4v) is 1.86. The third-order valence-electron chi connectivity index (χ3n) is 2.89. The van der Waals surface area contributed by atoms with Gasteiger partial charge in [-0.3, -0.25) is 0 Å². The number of aryl methyl sites for hydroxylation is 1. The molecule has 0 unspecified atom stereocenters. The molecule has 0 saturated heterocycles. The van der Waals surface area contributed by atoms with E-state index in [-0.39, 0.29) is 5.56 Å². The largest absolute Gasteiger partial charge is 0.478 e. The van der Waals surface area contributed by atoms with Crippen molar-refractivity contribution >= 4 is 11.8 Å². The van der Waals surface area contributed by atoms with Crippen LogP contribution in [0.4, 0.5) is 5.82 Å². The smallest absolute Gasteiger partial charge is 0.337 e. The Kier molecular flexibility index (Phi) is 2.81. The maximum Gasteiger partial charge on any atom is 0.337 e. The van der Waals surface area contributed by atoms with Crippen LogP contribution < -0.4 is 4.90 Å². The molecule has 86 valence electrons. The number of carboxylic acids is 1. The summed E-state index contributed by atoms with van der Waals surface area (Å²) in [6, 6.07) is 1.67. The summed E-state index contributed by atoms with van der Waals surface area (Å²) in [5, 5.41) is 8.84. The predicted octanol–water partition coefficient (Wildman–Crippen LogP) is 1.93. The lowest BCUT2D eigenvalue weighted by molar-refractivity contribution is 0.0696. The van der Waals surface area contributed by atoms with Crippen molar-refractivity contribution in [3.05, 3.63) is 23.4 Å². The molecular weight excluding hydrogens is 204 g/mol. The van der Waals surface area contributed by atoms with Crippen molar-refractivity contribution in [2.45, 2.75) is 19.8 Å². The summed E-state index contributed by atoms with van der Waals surface area (Å²) in [5.41, 5.74) is 1.17. The fourth-order valence-electron chi connectivity index (χ4n) is 1.86. The summed E-state index contributed by atoms with van der Waals surface area (Å²) >= 11 is 0. The van der Waals surface area contributed by atoms with Crippen molar-refractivity contribution in [3.8, 4) is 0 Å². The van der Waals surface area contributed by atoms with E-state index in [4.69, 9.17) is 5.11 Å². The first-order chi connectivity index (χ1) is 7.58. The summed E-state index contributed by atoms with van der Waals surface area (Å²) < 4.78 is 0. The Morgan fingerprint density at radius 2 is 2.31 bits per heavy atom. The standard InChI is InChI=1S/C12H16N2O2/c1-8-5-10(12(15)16)6-13-11(8)14(2)7-9-3-4-9/h5-6,9H,3-4,7H2,1-2H3,(H,15,16). The normalized spacial score (nSPS) is 14.9. The molecule has 0 aromatic carbocycles. The number of nitrogens with zero attached hydrogens (tertiary/aromatic N) is 2. The van der Waals surface area contributed by atoms with E-state index in [0.717, 1.165) is 23.8 Å². The molecule has 0 spiro atoms.